The van der Waals surface area contributed by atoms with E-state index in [9.17, 15) is 26.3 Å². The van der Waals surface area contributed by atoms with Crippen molar-refractivity contribution in [3.05, 3.63) is 166 Å². The molecule has 55 heavy (non-hydrogen) atoms. The second kappa shape index (κ2) is 13.7. The van der Waals surface area contributed by atoms with E-state index in [4.69, 9.17) is 20.9 Å². The van der Waals surface area contributed by atoms with Crippen molar-refractivity contribution < 1.29 is 35.8 Å². The highest BCUT2D eigenvalue weighted by atomic mass is 19.4. The lowest BCUT2D eigenvalue weighted by Crippen LogP contribution is -2.29. The number of ether oxygens (including phenoxy) is 2. The van der Waals surface area contributed by atoms with Crippen LogP contribution in [0.5, 0.6) is 23.0 Å². The number of nitrogen functional groups attached to an aromatic ring is 2. The van der Waals surface area contributed by atoms with Gasteiger partial charge in [0.2, 0.25) is 0 Å². The largest absolute Gasteiger partial charge is 0.456 e. The van der Waals surface area contributed by atoms with Gasteiger partial charge in [-0.25, -0.2) is 0 Å². The Morgan fingerprint density at radius 2 is 0.836 bits per heavy atom. The van der Waals surface area contributed by atoms with Gasteiger partial charge in [-0.05, 0) is 105 Å². The van der Waals surface area contributed by atoms with E-state index in [0.717, 1.165) is 45.5 Å². The third kappa shape index (κ3) is 6.64. The van der Waals surface area contributed by atoms with Crippen LogP contribution >= 0.6 is 0 Å². The molecule has 0 aliphatic heterocycles. The normalized spacial score (nSPS) is 13.5. The Balaban J connectivity index is 1.45. The molecule has 1 aliphatic carbocycles. The summed E-state index contributed by atoms with van der Waals surface area (Å²) in [5, 5.41) is 0. The standard InChI is InChI=1S/C45H38F6N2O2/c1-25(2)33-21-27(13-17-39(33)54-41-19-15-29(52)23-37(41)44(46,47)48)43(35-11-7-5-9-31(35)32-10-6-8-12-36(32)43)28-14-18-40(34(22-28)26(3)4)55-42-20-16-30(53)24-38(42)45(49,50)51/h5-26H,52-53H2,1-4H3. The van der Waals surface area contributed by atoms with Gasteiger partial charge in [-0.15, -0.1) is 0 Å². The average Bonchev–Trinajstić information content (AvgIpc) is 3.43. The van der Waals surface area contributed by atoms with Crippen LogP contribution in [0.15, 0.2) is 121 Å². The van der Waals surface area contributed by atoms with Gasteiger partial charge in [0.25, 0.3) is 0 Å². The number of fused-ring (bicyclic) bond motifs is 3. The van der Waals surface area contributed by atoms with Crippen LogP contribution in [-0.2, 0) is 17.8 Å². The first-order valence-corrected chi connectivity index (χ1v) is 17.8. The number of benzene rings is 6. The monoisotopic (exact) mass is 752 g/mol. The van der Waals surface area contributed by atoms with Gasteiger partial charge in [0, 0.05) is 11.4 Å². The van der Waals surface area contributed by atoms with Gasteiger partial charge in [0.1, 0.15) is 34.1 Å². The molecule has 0 spiro atoms. The lowest BCUT2D eigenvalue weighted by atomic mass is 9.66. The van der Waals surface area contributed by atoms with Crippen LogP contribution in [0.25, 0.3) is 11.1 Å². The van der Waals surface area contributed by atoms with Gasteiger partial charge in [-0.3, -0.25) is 0 Å². The smallest absolute Gasteiger partial charge is 0.420 e. The fourth-order valence-corrected chi connectivity index (χ4v) is 7.63. The summed E-state index contributed by atoms with van der Waals surface area (Å²) in [6, 6.07) is 34.1. The van der Waals surface area contributed by atoms with Gasteiger partial charge in [0.15, 0.2) is 0 Å². The molecule has 0 unspecified atom stereocenters. The van der Waals surface area contributed by atoms with Crippen molar-refractivity contribution in [2.24, 2.45) is 0 Å². The van der Waals surface area contributed by atoms with E-state index in [1.807, 2.05) is 76.2 Å². The molecule has 4 N–H and O–H groups in total. The molecule has 1 aliphatic rings. The summed E-state index contributed by atoms with van der Waals surface area (Å²) >= 11 is 0. The van der Waals surface area contributed by atoms with Crippen LogP contribution in [0.2, 0.25) is 0 Å². The molecule has 0 fully saturated rings. The summed E-state index contributed by atoms with van der Waals surface area (Å²) in [6.45, 7) is 7.77. The van der Waals surface area contributed by atoms with Crippen LogP contribution in [0.3, 0.4) is 0 Å². The van der Waals surface area contributed by atoms with Crippen molar-refractivity contribution in [2.45, 2.75) is 57.3 Å². The number of halogens is 6. The Hall–Kier alpha value is -5.90. The molecule has 0 aromatic heterocycles. The number of hydrogen-bond acceptors (Lipinski definition) is 4. The van der Waals surface area contributed by atoms with E-state index in [1.165, 1.54) is 24.3 Å². The van der Waals surface area contributed by atoms with E-state index < -0.39 is 28.9 Å². The molecule has 0 bridgehead atoms. The van der Waals surface area contributed by atoms with Crippen molar-refractivity contribution >= 4 is 11.4 Å². The minimum absolute atomic E-state index is 0.0361. The van der Waals surface area contributed by atoms with Crippen LogP contribution in [-0.4, -0.2) is 0 Å². The molecular weight excluding hydrogens is 714 g/mol. The molecule has 10 heteroatoms. The molecule has 7 rings (SSSR count). The Morgan fingerprint density at radius 1 is 0.473 bits per heavy atom. The van der Waals surface area contributed by atoms with E-state index in [1.54, 1.807) is 12.1 Å². The van der Waals surface area contributed by atoms with Gasteiger partial charge in [0.05, 0.1) is 5.41 Å². The number of hydrogen-bond donors (Lipinski definition) is 2. The first-order chi connectivity index (χ1) is 26.0. The van der Waals surface area contributed by atoms with Crippen molar-refractivity contribution in [3.8, 4) is 34.1 Å². The van der Waals surface area contributed by atoms with Crippen molar-refractivity contribution in [2.75, 3.05) is 11.5 Å². The van der Waals surface area contributed by atoms with Crippen LogP contribution < -0.4 is 20.9 Å². The molecule has 0 heterocycles. The number of nitrogens with two attached hydrogens (primary N) is 2. The third-order valence-corrected chi connectivity index (χ3v) is 10.1. The van der Waals surface area contributed by atoms with Crippen molar-refractivity contribution in [1.29, 1.82) is 0 Å². The van der Waals surface area contributed by atoms with E-state index in [-0.39, 0.29) is 46.2 Å². The van der Waals surface area contributed by atoms with Crippen molar-refractivity contribution in [1.82, 2.24) is 0 Å². The second-order valence-electron chi connectivity index (χ2n) is 14.4. The highest BCUT2D eigenvalue weighted by molar-refractivity contribution is 5.86. The Morgan fingerprint density at radius 3 is 1.20 bits per heavy atom. The van der Waals surface area contributed by atoms with E-state index >= 15 is 0 Å². The maximum absolute atomic E-state index is 14.1. The zero-order valence-electron chi connectivity index (χ0n) is 30.4. The minimum Gasteiger partial charge on any atom is -0.456 e. The molecule has 0 atom stereocenters. The Bertz CT molecular complexity index is 2250. The molecule has 6 aromatic carbocycles. The lowest BCUT2D eigenvalue weighted by molar-refractivity contribution is -0.139. The van der Waals surface area contributed by atoms with Crippen LogP contribution in [0.1, 0.15) is 84.0 Å². The first-order valence-electron chi connectivity index (χ1n) is 17.8. The summed E-state index contributed by atoms with van der Waals surface area (Å²) in [4.78, 5) is 0. The predicted octanol–water partition coefficient (Wildman–Crippen LogP) is 13.1. The molecule has 6 aromatic rings. The summed E-state index contributed by atoms with van der Waals surface area (Å²) in [6.07, 6.45) is -9.40. The fourth-order valence-electron chi connectivity index (χ4n) is 7.63. The number of anilines is 2. The van der Waals surface area contributed by atoms with Crippen LogP contribution in [0.4, 0.5) is 37.7 Å². The predicted molar refractivity (Wildman–Crippen MR) is 204 cm³/mol. The average molecular weight is 753 g/mol. The maximum atomic E-state index is 14.1. The fraction of sp³-hybridized carbons (Fsp3) is 0.200. The molecule has 4 nitrogen and oxygen atoms in total. The zero-order valence-corrected chi connectivity index (χ0v) is 30.4. The van der Waals surface area contributed by atoms with E-state index in [2.05, 4.69) is 24.3 Å². The number of rotatable bonds is 8. The molecular formula is C45H38F6N2O2. The van der Waals surface area contributed by atoms with Gasteiger partial charge in [-0.2, -0.15) is 26.3 Å². The molecule has 282 valence electrons. The van der Waals surface area contributed by atoms with Gasteiger partial charge < -0.3 is 20.9 Å². The van der Waals surface area contributed by atoms with Gasteiger partial charge in [-0.1, -0.05) is 100 Å². The summed E-state index contributed by atoms with van der Waals surface area (Å²) < 4.78 is 96.8. The van der Waals surface area contributed by atoms with Crippen molar-refractivity contribution in [3.63, 3.8) is 0 Å². The molecule has 0 radical (unpaired) electrons. The highest BCUT2D eigenvalue weighted by Gasteiger charge is 2.47. The van der Waals surface area contributed by atoms with Gasteiger partial charge >= 0.3 is 12.4 Å². The van der Waals surface area contributed by atoms with E-state index in [0.29, 0.717) is 11.1 Å². The lowest BCUT2D eigenvalue weighted by Gasteiger charge is -2.35. The Labute approximate surface area is 315 Å². The SMILES string of the molecule is CC(C)c1cc(C2(c3ccc(Oc4ccc(N)cc4C(F)(F)F)c(C(C)C)c3)c3ccccc3-c3ccccc32)ccc1Oc1ccc(N)cc1C(F)(F)F. The minimum atomic E-state index is -4.70. The maximum Gasteiger partial charge on any atom is 0.420 e. The summed E-state index contributed by atoms with van der Waals surface area (Å²) in [7, 11) is 0. The third-order valence-electron chi connectivity index (χ3n) is 10.1. The topological polar surface area (TPSA) is 70.5 Å². The first kappa shape index (κ1) is 37.4. The number of alkyl halides is 6. The summed E-state index contributed by atoms with van der Waals surface area (Å²) in [5.41, 5.74) is 15.4. The zero-order chi connectivity index (χ0) is 39.4. The Kier molecular flexibility index (Phi) is 9.35. The van der Waals surface area contributed by atoms with Crippen LogP contribution in [0, 0.1) is 0 Å². The molecule has 0 saturated heterocycles. The quantitative estimate of drug-likeness (QED) is 0.120. The second-order valence-corrected chi connectivity index (χ2v) is 14.4. The summed E-state index contributed by atoms with van der Waals surface area (Å²) in [5.74, 6) is -0.554. The highest BCUT2D eigenvalue weighted by Crippen LogP contribution is 2.57. The molecule has 0 amide bonds. The molecule has 0 saturated carbocycles.